The van der Waals surface area contributed by atoms with Crippen LogP contribution in [-0.2, 0) is 15.4 Å². The Labute approximate surface area is 263 Å². The summed E-state index contributed by atoms with van der Waals surface area (Å²) in [5.74, 6) is 1.24. The van der Waals surface area contributed by atoms with Crippen LogP contribution in [0.3, 0.4) is 0 Å². The number of rotatable bonds is 10. The number of anilines is 3. The highest BCUT2D eigenvalue weighted by Crippen LogP contribution is 2.40. The minimum Gasteiger partial charge on any atom is -0.493 e. The molecule has 0 aliphatic heterocycles. The number of pyridine rings is 1. The molecule has 0 bridgehead atoms. The summed E-state index contributed by atoms with van der Waals surface area (Å²) in [4.78, 5) is 20.4. The lowest BCUT2D eigenvalue weighted by Gasteiger charge is -2.24. The van der Waals surface area contributed by atoms with Gasteiger partial charge in [-0.05, 0) is 66.6 Å². The summed E-state index contributed by atoms with van der Waals surface area (Å²) in [5.41, 5.74) is 4.31. The van der Waals surface area contributed by atoms with Gasteiger partial charge in [0, 0.05) is 30.4 Å². The van der Waals surface area contributed by atoms with Crippen LogP contribution in [0.5, 0.6) is 11.5 Å². The lowest BCUT2D eigenvalue weighted by molar-refractivity contribution is 0.102. The topological polar surface area (TPSA) is 141 Å². The van der Waals surface area contributed by atoms with E-state index in [2.05, 4.69) is 30.2 Å². The molecule has 13 heteroatoms. The highest BCUT2D eigenvalue weighted by Gasteiger charge is 2.29. The summed E-state index contributed by atoms with van der Waals surface area (Å²) in [6, 6.07) is 11.2. The average Bonchev–Trinajstić information content (AvgIpc) is 3.71. The molecule has 2 heterocycles. The van der Waals surface area contributed by atoms with E-state index in [0.717, 1.165) is 41.6 Å². The van der Waals surface area contributed by atoms with Crippen LogP contribution < -0.4 is 24.4 Å². The number of nitrogens with one attached hydrogen (secondary N) is 2. The molecule has 45 heavy (non-hydrogen) atoms. The summed E-state index contributed by atoms with van der Waals surface area (Å²) >= 11 is 0. The van der Waals surface area contributed by atoms with Crippen LogP contribution in [-0.4, -0.2) is 67.9 Å². The molecular formula is C32H39N7O5S. The Bertz CT molecular complexity index is 1860. The molecule has 5 rings (SSSR count). The predicted molar refractivity (Wildman–Crippen MR) is 175 cm³/mol. The van der Waals surface area contributed by atoms with Gasteiger partial charge in [-0.1, -0.05) is 32.1 Å². The number of nitrogens with zero attached hydrogens (tertiary/aromatic N) is 5. The first kappa shape index (κ1) is 31.8. The van der Waals surface area contributed by atoms with E-state index in [1.54, 1.807) is 48.5 Å². The van der Waals surface area contributed by atoms with E-state index in [1.807, 2.05) is 46.9 Å². The molecule has 12 nitrogen and oxygen atoms in total. The van der Waals surface area contributed by atoms with E-state index in [0.29, 0.717) is 34.4 Å². The van der Waals surface area contributed by atoms with Gasteiger partial charge in [0.1, 0.15) is 5.69 Å². The van der Waals surface area contributed by atoms with Gasteiger partial charge < -0.3 is 19.7 Å². The van der Waals surface area contributed by atoms with E-state index in [4.69, 9.17) is 9.47 Å². The summed E-state index contributed by atoms with van der Waals surface area (Å²) in [7, 11) is 1.46. The second-order valence-corrected chi connectivity index (χ2v) is 14.1. The van der Waals surface area contributed by atoms with E-state index in [9.17, 15) is 13.2 Å². The van der Waals surface area contributed by atoms with Crippen LogP contribution in [0, 0.1) is 6.92 Å². The van der Waals surface area contributed by atoms with Crippen molar-refractivity contribution in [2.45, 2.75) is 52.0 Å². The van der Waals surface area contributed by atoms with Crippen molar-refractivity contribution >= 4 is 33.1 Å². The molecule has 1 fully saturated rings. The molecular weight excluding hydrogens is 594 g/mol. The average molecular weight is 634 g/mol. The van der Waals surface area contributed by atoms with Gasteiger partial charge in [-0.15, -0.1) is 5.10 Å². The van der Waals surface area contributed by atoms with Gasteiger partial charge in [-0.25, -0.2) is 18.1 Å². The van der Waals surface area contributed by atoms with Gasteiger partial charge in [0.25, 0.3) is 5.91 Å². The number of hydrogen-bond donors (Lipinski definition) is 2. The molecule has 4 aromatic rings. The van der Waals surface area contributed by atoms with E-state index < -0.39 is 15.9 Å². The minimum absolute atomic E-state index is 0.202. The number of carbonyl (C=O) groups is 1. The molecule has 0 atom stereocenters. The fourth-order valence-corrected chi connectivity index (χ4v) is 5.53. The highest BCUT2D eigenvalue weighted by molar-refractivity contribution is 7.92. The number of benzene rings is 2. The molecule has 1 aliphatic rings. The Morgan fingerprint density at radius 2 is 1.78 bits per heavy atom. The van der Waals surface area contributed by atoms with Crippen LogP contribution >= 0.6 is 0 Å². The molecule has 0 spiro atoms. The largest absolute Gasteiger partial charge is 0.493 e. The van der Waals surface area contributed by atoms with Crippen LogP contribution in [0.2, 0.25) is 0 Å². The lowest BCUT2D eigenvalue weighted by Crippen LogP contribution is -2.21. The Morgan fingerprint density at radius 3 is 2.40 bits per heavy atom. The van der Waals surface area contributed by atoms with Crippen LogP contribution in [0.1, 0.15) is 55.1 Å². The number of carbonyl (C=O) groups excluding carboxylic acids is 1. The fraction of sp³-hybridized carbons (Fsp3) is 0.375. The van der Waals surface area contributed by atoms with Crippen molar-refractivity contribution in [3.8, 4) is 28.4 Å². The number of ether oxygens (including phenoxy) is 2. The van der Waals surface area contributed by atoms with E-state index in [1.165, 1.54) is 7.11 Å². The maximum Gasteiger partial charge on any atom is 0.255 e. The number of methoxy groups -OCH3 is 2. The van der Waals surface area contributed by atoms with Gasteiger partial charge in [-0.2, -0.15) is 0 Å². The van der Waals surface area contributed by atoms with Crippen molar-refractivity contribution in [3.63, 3.8) is 0 Å². The van der Waals surface area contributed by atoms with Gasteiger partial charge >= 0.3 is 0 Å². The number of aryl methyl sites for hydroxylation is 1. The predicted octanol–water partition coefficient (Wildman–Crippen LogP) is 5.17. The second-order valence-electron chi connectivity index (χ2n) is 12.3. The molecule has 2 N–H and O–H groups in total. The van der Waals surface area contributed by atoms with Crippen LogP contribution in [0.25, 0.3) is 16.9 Å². The van der Waals surface area contributed by atoms with Crippen molar-refractivity contribution in [2.75, 3.05) is 42.5 Å². The SMILES string of the molecule is COc1cc(-c2cn(-c3cc(C(=O)Nc4cc(C(C)(C)C)cc(NS(C)(=O)=O)c4OC)ccc3C)nn2)cnc1N(C)C1CC1. The first-order chi connectivity index (χ1) is 21.2. The summed E-state index contributed by atoms with van der Waals surface area (Å²) in [6.07, 6.45) is 6.89. The third kappa shape index (κ3) is 7.03. The molecule has 0 radical (unpaired) electrons. The minimum atomic E-state index is -3.61. The number of amides is 1. The quantitative estimate of drug-likeness (QED) is 0.242. The molecule has 0 unspecified atom stereocenters. The van der Waals surface area contributed by atoms with E-state index >= 15 is 0 Å². The van der Waals surface area contributed by atoms with Gasteiger partial charge in [-0.3, -0.25) is 9.52 Å². The van der Waals surface area contributed by atoms with Crippen LogP contribution in [0.4, 0.5) is 17.2 Å². The Morgan fingerprint density at radius 1 is 1.07 bits per heavy atom. The van der Waals surface area contributed by atoms with Crippen molar-refractivity contribution in [1.29, 1.82) is 0 Å². The normalized spacial score (nSPS) is 13.3. The van der Waals surface area contributed by atoms with Crippen LogP contribution in [0.15, 0.2) is 48.8 Å². The van der Waals surface area contributed by atoms with Crippen molar-refractivity contribution in [1.82, 2.24) is 20.0 Å². The third-order valence-corrected chi connectivity index (χ3v) is 8.28. The smallest absolute Gasteiger partial charge is 0.255 e. The van der Waals surface area contributed by atoms with Crippen molar-refractivity contribution in [2.24, 2.45) is 0 Å². The third-order valence-electron chi connectivity index (χ3n) is 7.69. The fourth-order valence-electron chi connectivity index (χ4n) is 4.98. The Kier molecular flexibility index (Phi) is 8.49. The molecule has 0 saturated heterocycles. The first-order valence-electron chi connectivity index (χ1n) is 14.5. The molecule has 1 amide bonds. The number of hydrogen-bond acceptors (Lipinski definition) is 9. The lowest BCUT2D eigenvalue weighted by atomic mass is 9.86. The molecule has 1 saturated carbocycles. The molecule has 238 valence electrons. The standard InChI is InChI=1S/C32H39N7O5S/c1-19-9-10-20(31(40)34-24-15-22(32(2,3)4)16-25(29(24)44-7)36-45(8,41)42)13-27(19)39-18-26(35-37-39)21-14-28(43-6)30(33-17-21)38(5)23-11-12-23/h9-10,13-18,23,36H,11-12H2,1-8H3,(H,34,40). The second kappa shape index (κ2) is 12.0. The van der Waals surface area contributed by atoms with Gasteiger partial charge in [0.2, 0.25) is 10.0 Å². The summed E-state index contributed by atoms with van der Waals surface area (Å²) in [6.45, 7) is 7.91. The Balaban J connectivity index is 1.45. The Hall–Kier alpha value is -4.65. The maximum atomic E-state index is 13.6. The monoisotopic (exact) mass is 633 g/mol. The molecule has 1 aliphatic carbocycles. The maximum absolute atomic E-state index is 13.6. The summed E-state index contributed by atoms with van der Waals surface area (Å²) < 4.78 is 39.5. The van der Waals surface area contributed by atoms with Crippen molar-refractivity contribution < 1.29 is 22.7 Å². The van der Waals surface area contributed by atoms with Crippen molar-refractivity contribution in [3.05, 3.63) is 65.5 Å². The zero-order chi connectivity index (χ0) is 32.7. The molecule has 2 aromatic carbocycles. The number of sulfonamides is 1. The number of aromatic nitrogens is 4. The first-order valence-corrected chi connectivity index (χ1v) is 16.4. The summed E-state index contributed by atoms with van der Waals surface area (Å²) in [5, 5.41) is 11.6. The highest BCUT2D eigenvalue weighted by atomic mass is 32.2. The zero-order valence-corrected chi connectivity index (χ0v) is 27.6. The van der Waals surface area contributed by atoms with Gasteiger partial charge in [0.05, 0.1) is 43.7 Å². The molecule has 2 aromatic heterocycles. The zero-order valence-electron chi connectivity index (χ0n) is 26.8. The van der Waals surface area contributed by atoms with E-state index in [-0.39, 0.29) is 16.9 Å². The van der Waals surface area contributed by atoms with Gasteiger partial charge in [0.15, 0.2) is 17.3 Å².